The molecule has 1 amide bonds. The SMILES string of the molecule is CC(C)Oc1ccc(S(=O)(=O)N2CCCCC2)cc1NC(=O)[C@H]1Cc2ccccc2S1. The summed E-state index contributed by atoms with van der Waals surface area (Å²) in [7, 11) is -3.61. The number of nitrogens with one attached hydrogen (secondary N) is 1. The molecule has 0 bridgehead atoms. The van der Waals surface area contributed by atoms with Crippen LogP contribution in [0.5, 0.6) is 5.75 Å². The number of hydrogen-bond acceptors (Lipinski definition) is 5. The molecule has 0 aromatic heterocycles. The van der Waals surface area contributed by atoms with Gasteiger partial charge in [0.25, 0.3) is 0 Å². The van der Waals surface area contributed by atoms with Crippen LogP contribution in [0.2, 0.25) is 0 Å². The van der Waals surface area contributed by atoms with Crippen molar-refractivity contribution in [3.05, 3.63) is 48.0 Å². The number of sulfonamides is 1. The minimum atomic E-state index is -3.61. The second-order valence-corrected chi connectivity index (χ2v) is 11.4. The van der Waals surface area contributed by atoms with Gasteiger partial charge in [-0.1, -0.05) is 24.6 Å². The summed E-state index contributed by atoms with van der Waals surface area (Å²) in [5, 5.41) is 2.68. The fourth-order valence-corrected chi connectivity index (χ4v) is 6.66. The number of anilines is 1. The van der Waals surface area contributed by atoms with Crippen molar-refractivity contribution >= 4 is 33.4 Å². The van der Waals surface area contributed by atoms with Gasteiger partial charge < -0.3 is 10.1 Å². The van der Waals surface area contributed by atoms with Crippen LogP contribution >= 0.6 is 11.8 Å². The minimum Gasteiger partial charge on any atom is -0.489 e. The van der Waals surface area contributed by atoms with Crippen LogP contribution in [0.1, 0.15) is 38.7 Å². The van der Waals surface area contributed by atoms with Crippen LogP contribution in [-0.4, -0.2) is 43.1 Å². The lowest BCUT2D eigenvalue weighted by molar-refractivity contribution is -0.115. The average molecular weight is 461 g/mol. The number of benzene rings is 2. The molecule has 1 N–H and O–H groups in total. The van der Waals surface area contributed by atoms with Crippen molar-refractivity contribution < 1.29 is 17.9 Å². The maximum Gasteiger partial charge on any atom is 0.243 e. The molecule has 2 aromatic carbocycles. The van der Waals surface area contributed by atoms with Crippen molar-refractivity contribution in [1.29, 1.82) is 0 Å². The van der Waals surface area contributed by atoms with E-state index in [0.29, 0.717) is 30.9 Å². The Morgan fingerprint density at radius 2 is 1.87 bits per heavy atom. The number of fused-ring (bicyclic) bond motifs is 1. The van der Waals surface area contributed by atoms with Crippen LogP contribution in [0.4, 0.5) is 5.69 Å². The van der Waals surface area contributed by atoms with Gasteiger partial charge in [-0.15, -0.1) is 11.8 Å². The smallest absolute Gasteiger partial charge is 0.243 e. The predicted octanol–water partition coefficient (Wildman–Crippen LogP) is 4.30. The lowest BCUT2D eigenvalue weighted by atomic mass is 10.1. The molecule has 1 atom stereocenters. The van der Waals surface area contributed by atoms with E-state index in [2.05, 4.69) is 5.32 Å². The number of piperidine rings is 1. The molecule has 31 heavy (non-hydrogen) atoms. The maximum absolute atomic E-state index is 13.1. The summed E-state index contributed by atoms with van der Waals surface area (Å²) in [5.41, 5.74) is 1.56. The topological polar surface area (TPSA) is 75.7 Å². The summed E-state index contributed by atoms with van der Waals surface area (Å²) < 4.78 is 33.6. The molecule has 2 aliphatic heterocycles. The fraction of sp³-hybridized carbons (Fsp3) is 0.435. The molecule has 1 fully saturated rings. The normalized spacial score (nSPS) is 19.3. The van der Waals surface area contributed by atoms with Gasteiger partial charge in [-0.3, -0.25) is 4.79 Å². The monoisotopic (exact) mass is 460 g/mol. The first kappa shape index (κ1) is 22.2. The van der Waals surface area contributed by atoms with Gasteiger partial charge in [-0.2, -0.15) is 4.31 Å². The zero-order valence-corrected chi connectivity index (χ0v) is 19.5. The van der Waals surface area contributed by atoms with Gasteiger partial charge in [0.2, 0.25) is 15.9 Å². The molecule has 0 spiro atoms. The van der Waals surface area contributed by atoms with Crippen LogP contribution in [0, 0.1) is 0 Å². The molecule has 0 unspecified atom stereocenters. The Kier molecular flexibility index (Phi) is 6.60. The number of nitrogens with zero attached hydrogens (tertiary/aromatic N) is 1. The molecule has 0 aliphatic carbocycles. The highest BCUT2D eigenvalue weighted by Gasteiger charge is 2.30. The molecule has 1 saturated heterocycles. The Bertz CT molecular complexity index is 1040. The maximum atomic E-state index is 13.1. The Labute approximate surface area is 188 Å². The molecular formula is C23H28N2O4S2. The molecule has 0 saturated carbocycles. The summed E-state index contributed by atoms with van der Waals surface area (Å²) >= 11 is 1.54. The number of carbonyl (C=O) groups is 1. The zero-order chi connectivity index (χ0) is 22.0. The van der Waals surface area contributed by atoms with E-state index in [-0.39, 0.29) is 22.2 Å². The van der Waals surface area contributed by atoms with Crippen molar-refractivity contribution in [1.82, 2.24) is 4.31 Å². The van der Waals surface area contributed by atoms with Crippen molar-refractivity contribution in [2.24, 2.45) is 0 Å². The van der Waals surface area contributed by atoms with E-state index >= 15 is 0 Å². The summed E-state index contributed by atoms with van der Waals surface area (Å²) in [6, 6.07) is 12.7. The van der Waals surface area contributed by atoms with Crippen LogP contribution < -0.4 is 10.1 Å². The van der Waals surface area contributed by atoms with Crippen molar-refractivity contribution in [2.45, 2.75) is 60.7 Å². The van der Waals surface area contributed by atoms with Crippen molar-refractivity contribution in [3.8, 4) is 5.75 Å². The van der Waals surface area contributed by atoms with Crippen molar-refractivity contribution in [2.75, 3.05) is 18.4 Å². The molecule has 8 heteroatoms. The van der Waals surface area contributed by atoms with Crippen LogP contribution in [0.25, 0.3) is 0 Å². The first-order valence-corrected chi connectivity index (χ1v) is 13.0. The third-order valence-corrected chi connectivity index (χ3v) is 8.68. The second kappa shape index (κ2) is 9.22. The van der Waals surface area contributed by atoms with E-state index in [1.807, 2.05) is 38.1 Å². The van der Waals surface area contributed by atoms with Crippen LogP contribution in [0.15, 0.2) is 52.3 Å². The number of amides is 1. The molecular weight excluding hydrogens is 432 g/mol. The van der Waals surface area contributed by atoms with E-state index in [1.165, 1.54) is 22.1 Å². The third-order valence-electron chi connectivity index (χ3n) is 5.46. The highest BCUT2D eigenvalue weighted by molar-refractivity contribution is 8.01. The van der Waals surface area contributed by atoms with Gasteiger partial charge in [0.1, 0.15) is 5.75 Å². The Balaban J connectivity index is 1.59. The molecule has 6 nitrogen and oxygen atoms in total. The number of rotatable bonds is 6. The summed E-state index contributed by atoms with van der Waals surface area (Å²) in [5.74, 6) is 0.323. The molecule has 2 aromatic rings. The average Bonchev–Trinajstić information content (AvgIpc) is 3.19. The molecule has 4 rings (SSSR count). The Hall–Kier alpha value is -2.03. The van der Waals surface area contributed by atoms with E-state index in [0.717, 1.165) is 29.7 Å². The lowest BCUT2D eigenvalue weighted by Gasteiger charge is -2.26. The first-order valence-electron chi connectivity index (χ1n) is 10.7. The van der Waals surface area contributed by atoms with Gasteiger partial charge in [0.15, 0.2) is 0 Å². The summed E-state index contributed by atoms with van der Waals surface area (Å²) in [6.07, 6.45) is 3.34. The highest BCUT2D eigenvalue weighted by atomic mass is 32.2. The summed E-state index contributed by atoms with van der Waals surface area (Å²) in [6.45, 7) is 4.86. The van der Waals surface area contributed by atoms with Gasteiger partial charge in [-0.25, -0.2) is 8.42 Å². The van der Waals surface area contributed by atoms with Gasteiger partial charge in [-0.05, 0) is 62.9 Å². The van der Waals surface area contributed by atoms with E-state index < -0.39 is 10.0 Å². The van der Waals surface area contributed by atoms with Gasteiger partial charge in [0.05, 0.1) is 21.9 Å². The fourth-order valence-electron chi connectivity index (χ4n) is 3.92. The largest absolute Gasteiger partial charge is 0.489 e. The minimum absolute atomic E-state index is 0.106. The van der Waals surface area contributed by atoms with Gasteiger partial charge >= 0.3 is 0 Å². The van der Waals surface area contributed by atoms with Gasteiger partial charge in [0, 0.05) is 18.0 Å². The summed E-state index contributed by atoms with van der Waals surface area (Å²) in [4.78, 5) is 14.3. The highest BCUT2D eigenvalue weighted by Crippen LogP contribution is 2.38. The molecule has 0 radical (unpaired) electrons. The Morgan fingerprint density at radius 3 is 2.58 bits per heavy atom. The van der Waals surface area contributed by atoms with Crippen LogP contribution in [0.3, 0.4) is 0 Å². The van der Waals surface area contributed by atoms with Crippen molar-refractivity contribution in [3.63, 3.8) is 0 Å². The number of ether oxygens (including phenoxy) is 1. The quantitative estimate of drug-likeness (QED) is 0.695. The third kappa shape index (κ3) is 4.91. The number of carbonyl (C=O) groups excluding carboxylic acids is 1. The van der Waals surface area contributed by atoms with E-state index in [9.17, 15) is 13.2 Å². The second-order valence-electron chi connectivity index (χ2n) is 8.20. The number of thioether (sulfide) groups is 1. The molecule has 2 aliphatic rings. The van der Waals surface area contributed by atoms with Crippen LogP contribution in [-0.2, 0) is 21.2 Å². The lowest BCUT2D eigenvalue weighted by Crippen LogP contribution is -2.35. The van der Waals surface area contributed by atoms with E-state index in [1.54, 1.807) is 12.1 Å². The number of hydrogen-bond donors (Lipinski definition) is 1. The molecule has 2 heterocycles. The predicted molar refractivity (Wildman–Crippen MR) is 123 cm³/mol. The zero-order valence-electron chi connectivity index (χ0n) is 17.8. The van der Waals surface area contributed by atoms with E-state index in [4.69, 9.17) is 4.74 Å². The molecule has 166 valence electrons. The Morgan fingerprint density at radius 1 is 1.13 bits per heavy atom. The first-order chi connectivity index (χ1) is 14.8. The standard InChI is InChI=1S/C23H28N2O4S2/c1-16(2)29-20-11-10-18(31(27,28)25-12-6-3-7-13-25)15-19(20)24-23(26)22-14-17-8-4-5-9-21(17)30-22/h4-5,8-11,15-16,22H,3,6-7,12-14H2,1-2H3,(H,24,26)/t22-/m1/s1.